The Labute approximate surface area is 102 Å². The predicted molar refractivity (Wildman–Crippen MR) is 66.7 cm³/mol. The Bertz CT molecular complexity index is 378. The normalized spacial score (nSPS) is 14.2. The number of benzene rings is 1. The summed E-state index contributed by atoms with van der Waals surface area (Å²) in [5.74, 6) is -0.579. The van der Waals surface area contributed by atoms with Gasteiger partial charge in [0.05, 0.1) is 19.1 Å². The average Bonchev–Trinajstić information content (AvgIpc) is 2.26. The van der Waals surface area contributed by atoms with E-state index in [-0.39, 0.29) is 11.9 Å². The van der Waals surface area contributed by atoms with Crippen molar-refractivity contribution in [1.82, 2.24) is 0 Å². The molecule has 3 heteroatoms. The molecule has 0 radical (unpaired) electrons. The fourth-order valence-electron chi connectivity index (χ4n) is 1.97. The zero-order chi connectivity index (χ0) is 13.0. The van der Waals surface area contributed by atoms with Crippen molar-refractivity contribution in [3.8, 4) is 0 Å². The summed E-state index contributed by atoms with van der Waals surface area (Å²) in [4.78, 5) is 11.3. The van der Waals surface area contributed by atoms with E-state index in [1.165, 1.54) is 7.11 Å². The SMILES string of the molecule is COC(=O)C(C)CC(O)c1cc(C)cc(C)c1. The molecule has 0 saturated carbocycles. The van der Waals surface area contributed by atoms with Crippen LogP contribution in [-0.2, 0) is 9.53 Å². The second kappa shape index (κ2) is 5.82. The molecule has 1 rings (SSSR count). The number of esters is 1. The summed E-state index contributed by atoms with van der Waals surface area (Å²) < 4.78 is 4.65. The van der Waals surface area contributed by atoms with E-state index in [0.717, 1.165) is 16.7 Å². The van der Waals surface area contributed by atoms with Gasteiger partial charge in [-0.05, 0) is 25.8 Å². The number of carbonyl (C=O) groups excluding carboxylic acids is 1. The Balaban J connectivity index is 2.75. The first-order valence-corrected chi connectivity index (χ1v) is 5.78. The third-order valence-electron chi connectivity index (χ3n) is 2.81. The molecule has 0 amide bonds. The second-order valence-electron chi connectivity index (χ2n) is 4.60. The van der Waals surface area contributed by atoms with E-state index in [0.29, 0.717) is 6.42 Å². The number of hydrogen-bond acceptors (Lipinski definition) is 3. The lowest BCUT2D eigenvalue weighted by Crippen LogP contribution is -2.16. The van der Waals surface area contributed by atoms with Gasteiger partial charge in [-0.1, -0.05) is 36.2 Å². The van der Waals surface area contributed by atoms with Crippen molar-refractivity contribution in [3.05, 3.63) is 34.9 Å². The number of aliphatic hydroxyl groups is 1. The van der Waals surface area contributed by atoms with Crippen molar-refractivity contribution in [2.75, 3.05) is 7.11 Å². The average molecular weight is 236 g/mol. The van der Waals surface area contributed by atoms with Crippen molar-refractivity contribution in [2.45, 2.75) is 33.3 Å². The van der Waals surface area contributed by atoms with Gasteiger partial charge < -0.3 is 9.84 Å². The van der Waals surface area contributed by atoms with Crippen LogP contribution in [0.25, 0.3) is 0 Å². The zero-order valence-corrected chi connectivity index (χ0v) is 10.9. The first-order chi connectivity index (χ1) is 7.93. The molecule has 1 aromatic carbocycles. The van der Waals surface area contributed by atoms with Gasteiger partial charge in [0.25, 0.3) is 0 Å². The minimum absolute atomic E-state index is 0.284. The highest BCUT2D eigenvalue weighted by Crippen LogP contribution is 2.23. The van der Waals surface area contributed by atoms with E-state index in [1.807, 2.05) is 26.0 Å². The molecule has 0 saturated heterocycles. The molecule has 94 valence electrons. The Hall–Kier alpha value is -1.35. The van der Waals surface area contributed by atoms with Crippen LogP contribution in [0.4, 0.5) is 0 Å². The van der Waals surface area contributed by atoms with Gasteiger partial charge in [-0.15, -0.1) is 0 Å². The quantitative estimate of drug-likeness (QED) is 0.817. The number of methoxy groups -OCH3 is 1. The largest absolute Gasteiger partial charge is 0.469 e. The molecule has 0 aromatic heterocycles. The number of carbonyl (C=O) groups is 1. The molecule has 17 heavy (non-hydrogen) atoms. The van der Waals surface area contributed by atoms with E-state index >= 15 is 0 Å². The highest BCUT2D eigenvalue weighted by Gasteiger charge is 2.19. The number of rotatable bonds is 4. The van der Waals surface area contributed by atoms with Crippen LogP contribution in [-0.4, -0.2) is 18.2 Å². The molecule has 3 nitrogen and oxygen atoms in total. The molecule has 0 aliphatic carbocycles. The van der Waals surface area contributed by atoms with Gasteiger partial charge in [0.1, 0.15) is 0 Å². The first-order valence-electron chi connectivity index (χ1n) is 5.78. The molecular weight excluding hydrogens is 216 g/mol. The lowest BCUT2D eigenvalue weighted by atomic mass is 9.96. The van der Waals surface area contributed by atoms with Crippen LogP contribution in [0.3, 0.4) is 0 Å². The summed E-state index contributed by atoms with van der Waals surface area (Å²) in [6.07, 6.45) is -0.238. The highest BCUT2D eigenvalue weighted by atomic mass is 16.5. The maximum Gasteiger partial charge on any atom is 0.308 e. The summed E-state index contributed by atoms with van der Waals surface area (Å²) in [5.41, 5.74) is 3.09. The van der Waals surface area contributed by atoms with Crippen molar-refractivity contribution in [2.24, 2.45) is 5.92 Å². The van der Waals surface area contributed by atoms with Gasteiger partial charge in [0.2, 0.25) is 0 Å². The summed E-state index contributed by atoms with van der Waals surface area (Å²) in [7, 11) is 1.36. The van der Waals surface area contributed by atoms with Gasteiger partial charge in [-0.2, -0.15) is 0 Å². The van der Waals surface area contributed by atoms with Crippen LogP contribution >= 0.6 is 0 Å². The lowest BCUT2D eigenvalue weighted by Gasteiger charge is -2.16. The Morgan fingerprint density at radius 2 is 1.82 bits per heavy atom. The smallest absolute Gasteiger partial charge is 0.308 e. The van der Waals surface area contributed by atoms with Gasteiger partial charge >= 0.3 is 5.97 Å². The Morgan fingerprint density at radius 3 is 2.29 bits per heavy atom. The minimum atomic E-state index is -0.622. The summed E-state index contributed by atoms with van der Waals surface area (Å²) in [6.45, 7) is 5.75. The molecular formula is C14H20O3. The molecule has 0 bridgehead atoms. The maximum atomic E-state index is 11.3. The second-order valence-corrected chi connectivity index (χ2v) is 4.60. The van der Waals surface area contributed by atoms with Crippen LogP contribution in [0.1, 0.15) is 36.1 Å². The fraction of sp³-hybridized carbons (Fsp3) is 0.500. The van der Waals surface area contributed by atoms with E-state index in [9.17, 15) is 9.90 Å². The van der Waals surface area contributed by atoms with Crippen molar-refractivity contribution >= 4 is 5.97 Å². The summed E-state index contributed by atoms with van der Waals surface area (Å²) >= 11 is 0. The van der Waals surface area contributed by atoms with Crippen LogP contribution < -0.4 is 0 Å². The van der Waals surface area contributed by atoms with Crippen molar-refractivity contribution in [1.29, 1.82) is 0 Å². The van der Waals surface area contributed by atoms with Crippen LogP contribution in [0.2, 0.25) is 0 Å². The van der Waals surface area contributed by atoms with Crippen LogP contribution in [0.15, 0.2) is 18.2 Å². The lowest BCUT2D eigenvalue weighted by molar-refractivity contribution is -0.145. The monoisotopic (exact) mass is 236 g/mol. The van der Waals surface area contributed by atoms with Crippen LogP contribution in [0, 0.1) is 19.8 Å². The molecule has 2 unspecified atom stereocenters. The van der Waals surface area contributed by atoms with E-state index in [4.69, 9.17) is 0 Å². The Morgan fingerprint density at radius 1 is 1.29 bits per heavy atom. The molecule has 0 heterocycles. The van der Waals surface area contributed by atoms with Crippen molar-refractivity contribution < 1.29 is 14.6 Å². The summed E-state index contributed by atoms with van der Waals surface area (Å²) in [5, 5.41) is 10.1. The van der Waals surface area contributed by atoms with Crippen molar-refractivity contribution in [3.63, 3.8) is 0 Å². The van der Waals surface area contributed by atoms with Crippen LogP contribution in [0.5, 0.6) is 0 Å². The number of hydrogen-bond donors (Lipinski definition) is 1. The molecule has 0 spiro atoms. The minimum Gasteiger partial charge on any atom is -0.469 e. The Kier molecular flexibility index (Phi) is 4.70. The van der Waals surface area contributed by atoms with Gasteiger partial charge in [0.15, 0.2) is 0 Å². The van der Waals surface area contributed by atoms with Gasteiger partial charge in [0, 0.05) is 0 Å². The molecule has 0 aliphatic rings. The topological polar surface area (TPSA) is 46.5 Å². The number of aliphatic hydroxyl groups excluding tert-OH is 1. The molecule has 1 N–H and O–H groups in total. The maximum absolute atomic E-state index is 11.3. The molecule has 0 fully saturated rings. The number of aryl methyl sites for hydroxylation is 2. The molecule has 0 aliphatic heterocycles. The van der Waals surface area contributed by atoms with E-state index < -0.39 is 6.10 Å². The summed E-state index contributed by atoms with van der Waals surface area (Å²) in [6, 6.07) is 5.95. The third-order valence-corrected chi connectivity index (χ3v) is 2.81. The first kappa shape index (κ1) is 13.7. The van der Waals surface area contributed by atoms with E-state index in [2.05, 4.69) is 10.8 Å². The standard InChI is InChI=1S/C14H20O3/c1-9-5-10(2)7-12(6-9)13(15)8-11(3)14(16)17-4/h5-7,11,13,15H,8H2,1-4H3. The predicted octanol–water partition coefficient (Wildman–Crippen LogP) is 2.54. The fourth-order valence-corrected chi connectivity index (χ4v) is 1.97. The molecule has 1 aromatic rings. The number of ether oxygens (including phenoxy) is 1. The highest BCUT2D eigenvalue weighted by molar-refractivity contribution is 5.71. The zero-order valence-electron chi connectivity index (χ0n) is 10.9. The third kappa shape index (κ3) is 3.86. The molecule has 2 atom stereocenters. The van der Waals surface area contributed by atoms with Gasteiger partial charge in [-0.3, -0.25) is 4.79 Å². The van der Waals surface area contributed by atoms with E-state index in [1.54, 1.807) is 6.92 Å². The van der Waals surface area contributed by atoms with Gasteiger partial charge in [-0.25, -0.2) is 0 Å².